The standard InChI is InChI=1S/C18H18N4O2/c1-24-16-9-8-12(11-19-16)18(23)22-10-4-7-15(22)17-20-13-5-2-3-6-14(13)21-17/h2-3,5-6,8-9,11,15H,4,7,10H2,1H3,(H,20,21). The smallest absolute Gasteiger partial charge is 0.256 e. The molecular weight excluding hydrogens is 304 g/mol. The number of nitrogens with one attached hydrogen (secondary N) is 1. The summed E-state index contributed by atoms with van der Waals surface area (Å²) in [6.45, 7) is 0.729. The first kappa shape index (κ1) is 14.7. The zero-order chi connectivity index (χ0) is 16.5. The molecule has 4 rings (SSSR count). The first-order valence-electron chi connectivity index (χ1n) is 8.02. The molecule has 1 N–H and O–H groups in total. The maximum absolute atomic E-state index is 12.8. The Balaban J connectivity index is 1.62. The van der Waals surface area contributed by atoms with E-state index in [9.17, 15) is 4.79 Å². The number of rotatable bonds is 3. The summed E-state index contributed by atoms with van der Waals surface area (Å²) in [6, 6.07) is 11.4. The number of carbonyl (C=O) groups excluding carboxylic acids is 1. The van der Waals surface area contributed by atoms with Gasteiger partial charge in [0.1, 0.15) is 5.82 Å². The maximum atomic E-state index is 12.8. The highest BCUT2D eigenvalue weighted by Gasteiger charge is 2.32. The predicted octanol–water partition coefficient (Wildman–Crippen LogP) is 2.94. The highest BCUT2D eigenvalue weighted by atomic mass is 16.5. The van der Waals surface area contributed by atoms with E-state index in [1.54, 1.807) is 25.4 Å². The van der Waals surface area contributed by atoms with E-state index < -0.39 is 0 Å². The Bertz CT molecular complexity index is 839. The van der Waals surface area contributed by atoms with E-state index in [-0.39, 0.29) is 11.9 Å². The minimum Gasteiger partial charge on any atom is -0.481 e. The fourth-order valence-corrected chi connectivity index (χ4v) is 3.22. The van der Waals surface area contributed by atoms with Gasteiger partial charge in [0.25, 0.3) is 5.91 Å². The largest absolute Gasteiger partial charge is 0.481 e. The molecule has 0 aliphatic carbocycles. The van der Waals surface area contributed by atoms with Gasteiger partial charge in [0.2, 0.25) is 5.88 Å². The number of hydrogen-bond donors (Lipinski definition) is 1. The third kappa shape index (κ3) is 2.50. The van der Waals surface area contributed by atoms with Gasteiger partial charge in [-0.1, -0.05) is 12.1 Å². The number of fused-ring (bicyclic) bond motifs is 1. The van der Waals surface area contributed by atoms with Gasteiger partial charge in [-0.05, 0) is 31.0 Å². The average Bonchev–Trinajstić information content (AvgIpc) is 3.27. The molecule has 0 radical (unpaired) electrons. The second kappa shape index (κ2) is 5.96. The van der Waals surface area contributed by atoms with E-state index in [2.05, 4.69) is 15.0 Å². The fraction of sp³-hybridized carbons (Fsp3) is 0.278. The van der Waals surface area contributed by atoms with Crippen molar-refractivity contribution in [2.24, 2.45) is 0 Å². The van der Waals surface area contributed by atoms with Crippen LogP contribution in [-0.4, -0.2) is 39.4 Å². The van der Waals surface area contributed by atoms with Crippen molar-refractivity contribution in [1.82, 2.24) is 19.9 Å². The molecule has 0 bridgehead atoms. The first-order valence-corrected chi connectivity index (χ1v) is 8.02. The van der Waals surface area contributed by atoms with E-state index in [4.69, 9.17) is 4.74 Å². The minimum absolute atomic E-state index is 0.0203. The van der Waals surface area contributed by atoms with Gasteiger partial charge < -0.3 is 14.6 Å². The Labute approximate surface area is 139 Å². The van der Waals surface area contributed by atoms with Crippen LogP contribution in [0.5, 0.6) is 5.88 Å². The summed E-state index contributed by atoms with van der Waals surface area (Å²) >= 11 is 0. The summed E-state index contributed by atoms with van der Waals surface area (Å²) < 4.78 is 5.05. The van der Waals surface area contributed by atoms with Gasteiger partial charge in [-0.15, -0.1) is 0 Å². The summed E-state index contributed by atoms with van der Waals surface area (Å²) in [6.07, 6.45) is 3.45. The molecule has 6 nitrogen and oxygen atoms in total. The fourth-order valence-electron chi connectivity index (χ4n) is 3.22. The van der Waals surface area contributed by atoms with Crippen molar-refractivity contribution in [2.45, 2.75) is 18.9 Å². The number of H-pyrrole nitrogens is 1. The monoisotopic (exact) mass is 322 g/mol. The molecule has 0 spiro atoms. The number of amides is 1. The number of hydrogen-bond acceptors (Lipinski definition) is 4. The number of pyridine rings is 1. The zero-order valence-electron chi connectivity index (χ0n) is 13.4. The lowest BCUT2D eigenvalue weighted by molar-refractivity contribution is 0.0730. The summed E-state index contributed by atoms with van der Waals surface area (Å²) in [5, 5.41) is 0. The number of benzene rings is 1. The Morgan fingerprint density at radius 2 is 2.17 bits per heavy atom. The second-order valence-corrected chi connectivity index (χ2v) is 5.89. The van der Waals surface area contributed by atoms with E-state index >= 15 is 0 Å². The molecule has 2 aromatic heterocycles. The van der Waals surface area contributed by atoms with Crippen LogP contribution in [-0.2, 0) is 0 Å². The third-order valence-corrected chi connectivity index (χ3v) is 4.43. The summed E-state index contributed by atoms with van der Waals surface area (Å²) in [5.74, 6) is 1.33. The number of para-hydroxylation sites is 2. The van der Waals surface area contributed by atoms with Crippen LogP contribution in [0, 0.1) is 0 Å². The molecule has 24 heavy (non-hydrogen) atoms. The molecule has 1 amide bonds. The van der Waals surface area contributed by atoms with Gasteiger partial charge in [0.05, 0.1) is 29.7 Å². The molecule has 1 saturated heterocycles. The zero-order valence-corrected chi connectivity index (χ0v) is 13.4. The van der Waals surface area contributed by atoms with Gasteiger partial charge in [-0.2, -0.15) is 0 Å². The summed E-state index contributed by atoms with van der Waals surface area (Å²) in [5.41, 5.74) is 2.50. The van der Waals surface area contributed by atoms with Crippen molar-refractivity contribution >= 4 is 16.9 Å². The van der Waals surface area contributed by atoms with Gasteiger partial charge >= 0.3 is 0 Å². The normalized spacial score (nSPS) is 17.4. The van der Waals surface area contributed by atoms with Crippen LogP contribution in [0.15, 0.2) is 42.6 Å². The van der Waals surface area contributed by atoms with E-state index in [0.29, 0.717) is 11.4 Å². The van der Waals surface area contributed by atoms with Crippen LogP contribution in [0.3, 0.4) is 0 Å². The number of likely N-dealkylation sites (tertiary alicyclic amines) is 1. The van der Waals surface area contributed by atoms with Gasteiger partial charge in [-0.3, -0.25) is 4.79 Å². The molecule has 1 aliphatic heterocycles. The Kier molecular flexibility index (Phi) is 3.65. The van der Waals surface area contributed by atoms with Gasteiger partial charge in [0.15, 0.2) is 0 Å². The minimum atomic E-state index is -0.0213. The molecule has 1 aromatic carbocycles. The maximum Gasteiger partial charge on any atom is 0.256 e. The van der Waals surface area contributed by atoms with E-state index in [1.165, 1.54) is 0 Å². The molecular formula is C18H18N4O2. The number of aromatic nitrogens is 3. The molecule has 1 aliphatic rings. The van der Waals surface area contributed by atoms with Crippen molar-refractivity contribution < 1.29 is 9.53 Å². The molecule has 6 heteroatoms. The molecule has 1 unspecified atom stereocenters. The highest BCUT2D eigenvalue weighted by molar-refractivity contribution is 5.94. The van der Waals surface area contributed by atoms with Crippen molar-refractivity contribution in [3.05, 3.63) is 54.0 Å². The summed E-state index contributed by atoms with van der Waals surface area (Å²) in [7, 11) is 1.56. The quantitative estimate of drug-likeness (QED) is 0.805. The lowest BCUT2D eigenvalue weighted by Crippen LogP contribution is -2.31. The molecule has 3 heterocycles. The van der Waals surface area contributed by atoms with Gasteiger partial charge in [0, 0.05) is 18.8 Å². The lowest BCUT2D eigenvalue weighted by atomic mass is 10.2. The van der Waals surface area contributed by atoms with Crippen molar-refractivity contribution in [1.29, 1.82) is 0 Å². The van der Waals surface area contributed by atoms with Crippen LogP contribution in [0.4, 0.5) is 0 Å². The number of ether oxygens (including phenoxy) is 1. The Morgan fingerprint density at radius 1 is 1.29 bits per heavy atom. The van der Waals surface area contributed by atoms with Crippen molar-refractivity contribution in [2.75, 3.05) is 13.7 Å². The summed E-state index contributed by atoms with van der Waals surface area (Å²) in [4.78, 5) is 26.9. The molecule has 1 atom stereocenters. The van der Waals surface area contributed by atoms with E-state index in [0.717, 1.165) is 36.2 Å². The first-order chi connectivity index (χ1) is 11.8. The predicted molar refractivity (Wildman–Crippen MR) is 89.9 cm³/mol. The number of imidazole rings is 1. The van der Waals surface area contributed by atoms with Crippen LogP contribution < -0.4 is 4.74 Å². The molecule has 122 valence electrons. The van der Waals surface area contributed by atoms with Crippen molar-refractivity contribution in [3.63, 3.8) is 0 Å². The number of aromatic amines is 1. The van der Waals surface area contributed by atoms with Gasteiger partial charge in [-0.25, -0.2) is 9.97 Å². The molecule has 1 fully saturated rings. The Morgan fingerprint density at radius 3 is 2.92 bits per heavy atom. The highest BCUT2D eigenvalue weighted by Crippen LogP contribution is 2.32. The number of methoxy groups -OCH3 is 1. The van der Waals surface area contributed by atoms with Crippen LogP contribution in [0.2, 0.25) is 0 Å². The van der Waals surface area contributed by atoms with E-state index in [1.807, 2.05) is 29.2 Å². The molecule has 3 aromatic rings. The van der Waals surface area contributed by atoms with Crippen LogP contribution in [0.25, 0.3) is 11.0 Å². The Hall–Kier alpha value is -2.89. The molecule has 0 saturated carbocycles. The average molecular weight is 322 g/mol. The number of carbonyl (C=O) groups is 1. The third-order valence-electron chi connectivity index (χ3n) is 4.43. The number of nitrogens with zero attached hydrogens (tertiary/aromatic N) is 3. The van der Waals surface area contributed by atoms with Crippen LogP contribution in [0.1, 0.15) is 35.1 Å². The SMILES string of the molecule is COc1ccc(C(=O)N2CCCC2c2nc3ccccc3[nH]2)cn1. The topological polar surface area (TPSA) is 71.1 Å². The lowest BCUT2D eigenvalue weighted by Gasteiger charge is -2.23. The van der Waals surface area contributed by atoms with Crippen LogP contribution >= 0.6 is 0 Å². The second-order valence-electron chi connectivity index (χ2n) is 5.89. The van der Waals surface area contributed by atoms with Crippen molar-refractivity contribution in [3.8, 4) is 5.88 Å².